The van der Waals surface area contributed by atoms with Crippen LogP contribution in [0.3, 0.4) is 0 Å². The Morgan fingerprint density at radius 3 is 2.33 bits per heavy atom. The minimum atomic E-state index is -4.62. The first-order chi connectivity index (χ1) is 10.9. The highest BCUT2D eigenvalue weighted by molar-refractivity contribution is 7.15. The first kappa shape index (κ1) is 18.7. The highest BCUT2D eigenvalue weighted by Gasteiger charge is 2.32. The van der Waals surface area contributed by atoms with Gasteiger partial charge in [-0.15, -0.1) is 11.3 Å². The van der Waals surface area contributed by atoms with Crippen molar-refractivity contribution in [1.29, 1.82) is 0 Å². The molecule has 132 valence electrons. The molecule has 0 amide bonds. The topological polar surface area (TPSA) is 42.1 Å². The molecule has 0 aliphatic rings. The zero-order chi connectivity index (χ0) is 18.3. The number of nitrogens with two attached hydrogens (primary N) is 1. The van der Waals surface area contributed by atoms with Gasteiger partial charge >= 0.3 is 6.18 Å². The number of hydrogen-bond donors (Lipinski definition) is 1. The van der Waals surface area contributed by atoms with Crippen molar-refractivity contribution in [2.45, 2.75) is 39.0 Å². The zero-order valence-corrected chi connectivity index (χ0v) is 14.6. The summed E-state index contributed by atoms with van der Waals surface area (Å²) >= 11 is 1.19. The third-order valence-corrected chi connectivity index (χ3v) is 4.61. The lowest BCUT2D eigenvalue weighted by Crippen LogP contribution is -2.37. The Kier molecular flexibility index (Phi) is 4.92. The van der Waals surface area contributed by atoms with Crippen molar-refractivity contribution in [2.24, 2.45) is 0 Å². The Morgan fingerprint density at radius 1 is 1.17 bits per heavy atom. The molecule has 2 N–H and O–H groups in total. The molecule has 0 aliphatic heterocycles. The summed E-state index contributed by atoms with van der Waals surface area (Å²) in [6, 6.07) is 2.42. The van der Waals surface area contributed by atoms with E-state index < -0.39 is 17.6 Å². The third kappa shape index (κ3) is 4.24. The Bertz CT molecular complexity index is 732. The van der Waals surface area contributed by atoms with Crippen LogP contribution in [0.4, 0.5) is 22.7 Å². The van der Waals surface area contributed by atoms with Gasteiger partial charge in [0.25, 0.3) is 0 Å². The van der Waals surface area contributed by atoms with Gasteiger partial charge in [0.05, 0.1) is 11.3 Å². The smallest absolute Gasteiger partial charge is 0.375 e. The first-order valence-corrected chi connectivity index (χ1v) is 8.04. The van der Waals surface area contributed by atoms with Gasteiger partial charge in [-0.1, -0.05) is 0 Å². The number of nitrogen functional groups attached to an aromatic ring is 1. The van der Waals surface area contributed by atoms with Crippen molar-refractivity contribution < 1.29 is 17.6 Å². The number of nitrogens with zero attached hydrogens (tertiary/aromatic N) is 2. The largest absolute Gasteiger partial charge is 0.416 e. The van der Waals surface area contributed by atoms with E-state index >= 15 is 0 Å². The second-order valence-corrected chi connectivity index (χ2v) is 7.69. The van der Waals surface area contributed by atoms with Gasteiger partial charge < -0.3 is 5.73 Å². The molecule has 1 aromatic heterocycles. The van der Waals surface area contributed by atoms with Crippen LogP contribution < -0.4 is 5.73 Å². The molecule has 0 atom stereocenters. The summed E-state index contributed by atoms with van der Waals surface area (Å²) in [6.45, 7) is 6.49. The van der Waals surface area contributed by atoms with Crippen LogP contribution in [0.2, 0.25) is 0 Å². The molecule has 1 heterocycles. The normalized spacial score (nSPS) is 12.9. The van der Waals surface area contributed by atoms with Gasteiger partial charge in [-0.05, 0) is 46.0 Å². The van der Waals surface area contributed by atoms with Crippen molar-refractivity contribution in [3.05, 3.63) is 34.5 Å². The number of thiazole rings is 1. The van der Waals surface area contributed by atoms with E-state index in [9.17, 15) is 17.6 Å². The van der Waals surface area contributed by atoms with Crippen LogP contribution >= 0.6 is 11.3 Å². The molecule has 0 fully saturated rings. The molecule has 3 nitrogen and oxygen atoms in total. The summed E-state index contributed by atoms with van der Waals surface area (Å²) in [5.41, 5.74) is 4.92. The number of benzene rings is 1. The Hall–Kier alpha value is -1.67. The number of alkyl halides is 3. The molecule has 2 rings (SSSR count). The zero-order valence-electron chi connectivity index (χ0n) is 13.8. The molecule has 0 bridgehead atoms. The van der Waals surface area contributed by atoms with E-state index in [2.05, 4.69) is 4.98 Å². The van der Waals surface area contributed by atoms with Gasteiger partial charge in [0.2, 0.25) is 0 Å². The van der Waals surface area contributed by atoms with Crippen molar-refractivity contribution >= 4 is 16.5 Å². The van der Waals surface area contributed by atoms with E-state index in [0.29, 0.717) is 23.2 Å². The summed E-state index contributed by atoms with van der Waals surface area (Å²) in [6.07, 6.45) is -4.62. The highest BCUT2D eigenvalue weighted by atomic mass is 32.1. The fourth-order valence-corrected chi connectivity index (χ4v) is 2.95. The minimum absolute atomic E-state index is 0.0765. The lowest BCUT2D eigenvalue weighted by atomic mass is 10.0. The minimum Gasteiger partial charge on any atom is -0.375 e. The average molecular weight is 361 g/mol. The molecule has 0 unspecified atom stereocenters. The molecule has 0 radical (unpaired) electrons. The Labute approximate surface area is 142 Å². The number of aromatic nitrogens is 1. The van der Waals surface area contributed by atoms with E-state index in [0.717, 1.165) is 12.1 Å². The van der Waals surface area contributed by atoms with E-state index in [4.69, 9.17) is 5.73 Å². The Morgan fingerprint density at radius 2 is 1.79 bits per heavy atom. The van der Waals surface area contributed by atoms with Crippen molar-refractivity contribution in [3.8, 4) is 11.3 Å². The molecule has 0 spiro atoms. The molecule has 1 aromatic carbocycles. The van der Waals surface area contributed by atoms with Gasteiger partial charge in [0, 0.05) is 22.5 Å². The van der Waals surface area contributed by atoms with E-state index in [1.54, 1.807) is 0 Å². The fourth-order valence-electron chi connectivity index (χ4n) is 2.05. The summed E-state index contributed by atoms with van der Waals surface area (Å²) < 4.78 is 52.4. The van der Waals surface area contributed by atoms with Gasteiger partial charge in [-0.3, -0.25) is 4.90 Å². The van der Waals surface area contributed by atoms with Gasteiger partial charge in [-0.2, -0.15) is 13.2 Å². The molecule has 8 heteroatoms. The third-order valence-electron chi connectivity index (χ3n) is 3.74. The maximum Gasteiger partial charge on any atom is 0.416 e. The van der Waals surface area contributed by atoms with Crippen LogP contribution in [0.1, 0.15) is 31.2 Å². The maximum atomic E-state index is 13.7. The van der Waals surface area contributed by atoms with Gasteiger partial charge in [0.15, 0.2) is 5.13 Å². The predicted octanol–water partition coefficient (Wildman–Crippen LogP) is 4.78. The first-order valence-electron chi connectivity index (χ1n) is 7.22. The molecule has 24 heavy (non-hydrogen) atoms. The molecule has 0 saturated carbocycles. The number of hydrogen-bond acceptors (Lipinski definition) is 4. The van der Waals surface area contributed by atoms with E-state index in [-0.39, 0.29) is 16.2 Å². The summed E-state index contributed by atoms with van der Waals surface area (Å²) in [4.78, 5) is 6.83. The molecular formula is C16H19F4N3S. The lowest BCUT2D eigenvalue weighted by molar-refractivity contribution is -0.137. The molecular weight excluding hydrogens is 342 g/mol. The monoisotopic (exact) mass is 361 g/mol. The second kappa shape index (κ2) is 6.33. The second-order valence-electron chi connectivity index (χ2n) is 6.58. The van der Waals surface area contributed by atoms with Crippen LogP contribution in [0.5, 0.6) is 0 Å². The number of anilines is 1. The lowest BCUT2D eigenvalue weighted by Gasteiger charge is -2.31. The SMILES string of the molecule is CN(Cc1sc(N)nc1-c1cc(F)cc(C(F)(F)F)c1)C(C)(C)C. The van der Waals surface area contributed by atoms with Crippen LogP contribution in [-0.4, -0.2) is 22.5 Å². The van der Waals surface area contributed by atoms with Crippen molar-refractivity contribution in [3.63, 3.8) is 0 Å². The Balaban J connectivity index is 2.49. The summed E-state index contributed by atoms with van der Waals surface area (Å²) in [5, 5.41) is 0.236. The molecule has 2 aromatic rings. The standard InChI is InChI=1S/C16H19F4N3S/c1-15(2,3)23(4)8-12-13(22-14(21)24-12)9-5-10(16(18,19)20)7-11(17)6-9/h5-7H,8H2,1-4H3,(H2,21,22). The molecule has 0 saturated heterocycles. The van der Waals surface area contributed by atoms with Crippen molar-refractivity contribution in [2.75, 3.05) is 12.8 Å². The van der Waals surface area contributed by atoms with E-state index in [1.807, 2.05) is 32.7 Å². The van der Waals surface area contributed by atoms with E-state index in [1.165, 1.54) is 11.3 Å². The van der Waals surface area contributed by atoms with Crippen LogP contribution in [0, 0.1) is 5.82 Å². The quantitative estimate of drug-likeness (QED) is 0.800. The summed E-state index contributed by atoms with van der Waals surface area (Å²) in [7, 11) is 1.90. The van der Waals surface area contributed by atoms with Crippen LogP contribution in [0.15, 0.2) is 18.2 Å². The average Bonchev–Trinajstić information content (AvgIpc) is 2.77. The van der Waals surface area contributed by atoms with Crippen LogP contribution in [0.25, 0.3) is 11.3 Å². The number of rotatable bonds is 3. The van der Waals surface area contributed by atoms with Gasteiger partial charge in [-0.25, -0.2) is 9.37 Å². The predicted molar refractivity (Wildman–Crippen MR) is 88.1 cm³/mol. The van der Waals surface area contributed by atoms with Crippen molar-refractivity contribution in [1.82, 2.24) is 9.88 Å². The van der Waals surface area contributed by atoms with Crippen LogP contribution in [-0.2, 0) is 12.7 Å². The fraction of sp³-hybridized carbons (Fsp3) is 0.438. The number of halogens is 4. The van der Waals surface area contributed by atoms with Gasteiger partial charge in [0.1, 0.15) is 5.82 Å². The summed E-state index contributed by atoms with van der Waals surface area (Å²) in [5.74, 6) is -0.957. The molecule has 0 aliphatic carbocycles. The highest BCUT2D eigenvalue weighted by Crippen LogP contribution is 2.36. The maximum absolute atomic E-state index is 13.7.